The molecule has 4 heterocycles. The first-order chi connectivity index (χ1) is 20.8. The lowest BCUT2D eigenvalue weighted by molar-refractivity contribution is -0.274. The number of nitrogens with zero attached hydrogens (tertiary/aromatic N) is 8. The van der Waals surface area contributed by atoms with Crippen molar-refractivity contribution in [2.45, 2.75) is 23.8 Å². The Morgan fingerprint density at radius 2 is 1.80 bits per heavy atom. The smallest absolute Gasteiger partial charge is 0.573 e. The summed E-state index contributed by atoms with van der Waals surface area (Å²) in [6.45, 7) is -0.0248. The second-order valence-corrected chi connectivity index (χ2v) is 11.4. The highest BCUT2D eigenvalue weighted by molar-refractivity contribution is 7.89. The van der Waals surface area contributed by atoms with E-state index < -0.39 is 34.1 Å². The molecule has 1 aliphatic heterocycles. The Kier molecular flexibility index (Phi) is 9.75. The third kappa shape index (κ3) is 7.82. The number of pyridine rings is 1. The van der Waals surface area contributed by atoms with E-state index in [0.717, 1.165) is 40.0 Å². The SMILES string of the molecule is CN(C)c1ccc(C[NH-])cn1.O=C(O)[C@H]1CN(c2cnc3cncnc3n2)CCN1S(=O)(=O)c1ccc(OC(F)(F)F)cc1. The summed E-state index contributed by atoms with van der Waals surface area (Å²) in [4.78, 5) is 35.5. The second kappa shape index (κ2) is 13.3. The predicted molar refractivity (Wildman–Crippen MR) is 152 cm³/mol. The van der Waals surface area contributed by atoms with Crippen LogP contribution in [0.3, 0.4) is 0 Å². The molecule has 3 aromatic heterocycles. The van der Waals surface area contributed by atoms with Crippen LogP contribution in [0.4, 0.5) is 24.8 Å². The van der Waals surface area contributed by atoms with Gasteiger partial charge in [-0.2, -0.15) is 4.31 Å². The van der Waals surface area contributed by atoms with Crippen LogP contribution in [0.25, 0.3) is 16.9 Å². The van der Waals surface area contributed by atoms with Crippen molar-refractivity contribution in [2.24, 2.45) is 0 Å². The molecule has 0 amide bonds. The molecule has 1 aromatic carbocycles. The molecule has 4 aromatic rings. The van der Waals surface area contributed by atoms with Crippen LogP contribution in [0.15, 0.2) is 66.2 Å². The Bertz CT molecular complexity index is 1690. The lowest BCUT2D eigenvalue weighted by atomic mass is 10.2. The van der Waals surface area contributed by atoms with Gasteiger partial charge >= 0.3 is 12.3 Å². The van der Waals surface area contributed by atoms with Crippen LogP contribution in [0.1, 0.15) is 5.56 Å². The number of nitrogens with one attached hydrogen (secondary N) is 1. The van der Waals surface area contributed by atoms with Crippen LogP contribution in [-0.2, 0) is 21.4 Å². The number of anilines is 2. The number of fused-ring (bicyclic) bond motifs is 1. The van der Waals surface area contributed by atoms with Crippen LogP contribution < -0.4 is 14.5 Å². The average Bonchev–Trinajstić information content (AvgIpc) is 3.00. The first kappa shape index (κ1) is 32.2. The summed E-state index contributed by atoms with van der Waals surface area (Å²) in [5, 5.41) is 9.69. The fourth-order valence-corrected chi connectivity index (χ4v) is 5.67. The maximum Gasteiger partial charge on any atom is 0.573 e. The van der Waals surface area contributed by atoms with E-state index in [1.807, 2.05) is 31.1 Å². The van der Waals surface area contributed by atoms with Crippen LogP contribution >= 0.6 is 0 Å². The highest BCUT2D eigenvalue weighted by Crippen LogP contribution is 2.28. The number of carboxylic acid groups (broad SMARTS) is 1. The Morgan fingerprint density at radius 1 is 1.07 bits per heavy atom. The Hall–Kier alpha value is -4.68. The van der Waals surface area contributed by atoms with Gasteiger partial charge in [0.1, 0.15) is 35.3 Å². The van der Waals surface area contributed by atoms with E-state index in [9.17, 15) is 31.5 Å². The number of piperazine rings is 1. The summed E-state index contributed by atoms with van der Waals surface area (Å²) >= 11 is 0. The van der Waals surface area contributed by atoms with Crippen LogP contribution in [-0.4, -0.2) is 94.9 Å². The average molecular weight is 635 g/mol. The van der Waals surface area contributed by atoms with Gasteiger partial charge in [0.2, 0.25) is 10.0 Å². The van der Waals surface area contributed by atoms with Crippen molar-refractivity contribution in [3.8, 4) is 5.75 Å². The molecule has 14 nitrogen and oxygen atoms in total. The summed E-state index contributed by atoms with van der Waals surface area (Å²) < 4.78 is 67.6. The van der Waals surface area contributed by atoms with E-state index in [1.54, 1.807) is 11.1 Å². The monoisotopic (exact) mass is 634 g/mol. The zero-order valence-electron chi connectivity index (χ0n) is 23.4. The Morgan fingerprint density at radius 3 is 2.39 bits per heavy atom. The van der Waals surface area contributed by atoms with Gasteiger partial charge in [-0.1, -0.05) is 11.6 Å². The number of sulfonamides is 1. The number of benzene rings is 1. The molecule has 0 radical (unpaired) electrons. The topological polar surface area (TPSA) is 179 Å². The van der Waals surface area contributed by atoms with Crippen molar-refractivity contribution in [1.29, 1.82) is 0 Å². The number of hydrogen-bond donors (Lipinski definition) is 1. The van der Waals surface area contributed by atoms with Crippen LogP contribution in [0, 0.1) is 0 Å². The van der Waals surface area contributed by atoms with Gasteiger partial charge in [0, 0.05) is 39.9 Å². The van der Waals surface area contributed by atoms with Crippen molar-refractivity contribution in [3.63, 3.8) is 0 Å². The Labute approximate surface area is 250 Å². The maximum atomic E-state index is 13.1. The first-order valence-corrected chi connectivity index (χ1v) is 14.3. The Balaban J connectivity index is 0.000000339. The van der Waals surface area contributed by atoms with Gasteiger partial charge in [-0.3, -0.25) is 4.79 Å². The molecule has 0 aliphatic carbocycles. The zero-order chi connectivity index (χ0) is 32.1. The van der Waals surface area contributed by atoms with E-state index in [1.165, 1.54) is 18.7 Å². The van der Waals surface area contributed by atoms with Crippen molar-refractivity contribution in [2.75, 3.05) is 43.5 Å². The van der Waals surface area contributed by atoms with Gasteiger partial charge in [-0.05, 0) is 30.3 Å². The minimum absolute atomic E-state index is 0.101. The lowest BCUT2D eigenvalue weighted by Gasteiger charge is -2.38. The van der Waals surface area contributed by atoms with E-state index in [2.05, 4.69) is 29.7 Å². The standard InChI is InChI=1S/C18H15F3N6O5S.C8H12N3/c19-18(20,21)32-11-1-3-12(4-2-11)33(30,31)27-6-5-26(9-14(27)17(28)29)15-8-23-13-7-22-10-24-16(13)25-15;1-11(2)8-4-3-7(5-9)6-10-8/h1-4,7-8,10,14H,5-6,9H2,(H,28,29);3-4,6,9H,5H2,1-2H3/q;-1/t14-;/m1./s1. The molecule has 0 spiro atoms. The fraction of sp³-hybridized carbons (Fsp3) is 0.308. The molecule has 0 saturated carbocycles. The summed E-state index contributed by atoms with van der Waals surface area (Å²) in [6, 6.07) is 5.92. The van der Waals surface area contributed by atoms with Gasteiger partial charge in [0.05, 0.1) is 17.3 Å². The highest BCUT2D eigenvalue weighted by atomic mass is 32.2. The van der Waals surface area contributed by atoms with Crippen molar-refractivity contribution in [3.05, 3.63) is 72.6 Å². The van der Waals surface area contributed by atoms with E-state index in [0.29, 0.717) is 23.5 Å². The normalized spacial score (nSPS) is 15.8. The third-order valence-corrected chi connectivity index (χ3v) is 8.21. The minimum Gasteiger partial charge on any atom is -0.674 e. The summed E-state index contributed by atoms with van der Waals surface area (Å²) in [5.41, 5.74) is 8.76. The number of hydrogen-bond acceptors (Lipinski definition) is 11. The highest BCUT2D eigenvalue weighted by Gasteiger charge is 2.41. The number of halogens is 3. The number of aliphatic carboxylic acids is 1. The fourth-order valence-electron chi connectivity index (χ4n) is 4.11. The van der Waals surface area contributed by atoms with Gasteiger partial charge in [-0.15, -0.1) is 19.7 Å². The van der Waals surface area contributed by atoms with Gasteiger partial charge in [-0.25, -0.2) is 33.3 Å². The molecule has 234 valence electrons. The molecule has 1 aliphatic rings. The largest absolute Gasteiger partial charge is 0.674 e. The number of carbonyl (C=O) groups is 1. The zero-order valence-corrected chi connectivity index (χ0v) is 24.2. The minimum atomic E-state index is -4.93. The van der Waals surface area contributed by atoms with Crippen molar-refractivity contribution < 1.29 is 36.2 Å². The molecule has 1 atom stereocenters. The van der Waals surface area contributed by atoms with Gasteiger partial charge in [0.25, 0.3) is 0 Å². The van der Waals surface area contributed by atoms with Crippen molar-refractivity contribution >= 4 is 38.8 Å². The van der Waals surface area contributed by atoms with E-state index >= 15 is 0 Å². The molecule has 1 saturated heterocycles. The molecule has 0 bridgehead atoms. The number of alkyl halides is 3. The maximum absolute atomic E-state index is 13.1. The molecular weight excluding hydrogens is 607 g/mol. The lowest BCUT2D eigenvalue weighted by Crippen LogP contribution is -2.58. The quantitative estimate of drug-likeness (QED) is 0.315. The molecule has 18 heteroatoms. The molecule has 44 heavy (non-hydrogen) atoms. The number of carboxylic acids is 1. The summed E-state index contributed by atoms with van der Waals surface area (Å²) in [7, 11) is -0.430. The number of rotatable bonds is 7. The first-order valence-electron chi connectivity index (χ1n) is 12.8. The molecular formula is C26H27F3N9O5S-. The van der Waals surface area contributed by atoms with Gasteiger partial charge in [0.15, 0.2) is 5.65 Å². The number of ether oxygens (including phenoxy) is 1. The van der Waals surface area contributed by atoms with E-state index in [4.69, 9.17) is 5.73 Å². The molecule has 5 rings (SSSR count). The third-order valence-electron chi connectivity index (χ3n) is 6.29. The van der Waals surface area contributed by atoms with E-state index in [-0.39, 0.29) is 24.5 Å². The van der Waals surface area contributed by atoms with Crippen LogP contribution in [0.5, 0.6) is 5.75 Å². The molecule has 2 N–H and O–H groups in total. The summed E-state index contributed by atoms with van der Waals surface area (Å²) in [6.07, 6.45) is 0.977. The molecule has 0 unspecified atom stereocenters. The van der Waals surface area contributed by atoms with Crippen molar-refractivity contribution in [1.82, 2.24) is 29.2 Å². The second-order valence-electron chi connectivity index (χ2n) is 9.49. The van der Waals surface area contributed by atoms with Gasteiger partial charge < -0.3 is 25.4 Å². The van der Waals surface area contributed by atoms with Crippen LogP contribution in [0.2, 0.25) is 0 Å². The molecule has 1 fully saturated rings. The summed E-state index contributed by atoms with van der Waals surface area (Å²) in [5.74, 6) is -0.739. The predicted octanol–water partition coefficient (Wildman–Crippen LogP) is 2.98. The number of aromatic nitrogens is 5.